The maximum absolute atomic E-state index is 12.3. The average molecular weight is 405 g/mol. The summed E-state index contributed by atoms with van der Waals surface area (Å²) in [6.07, 6.45) is 1.02. The Hall–Kier alpha value is -3.81. The van der Waals surface area contributed by atoms with Gasteiger partial charge in [-0.3, -0.25) is 19.3 Å². The Morgan fingerprint density at radius 2 is 1.57 bits per heavy atom. The molecule has 0 radical (unpaired) electrons. The van der Waals surface area contributed by atoms with E-state index in [9.17, 15) is 19.2 Å². The number of amides is 3. The normalized spacial score (nSPS) is 16.1. The van der Waals surface area contributed by atoms with Crippen LogP contribution >= 0.6 is 0 Å². The SMILES string of the molecule is O=C(OCC(=O)N1CCC(c2ccccc2)=N1)c1ccc(N2C(=O)CCC2=O)cc1. The Morgan fingerprint density at radius 3 is 2.23 bits per heavy atom. The third-order valence-electron chi connectivity index (χ3n) is 4.94. The number of ether oxygens (including phenoxy) is 1. The first-order valence-electron chi connectivity index (χ1n) is 9.59. The molecule has 0 aromatic heterocycles. The molecule has 2 heterocycles. The van der Waals surface area contributed by atoms with Gasteiger partial charge in [-0.05, 0) is 29.8 Å². The van der Waals surface area contributed by atoms with Crippen LogP contribution in [0, 0.1) is 0 Å². The molecule has 1 saturated heterocycles. The van der Waals surface area contributed by atoms with E-state index in [-0.39, 0.29) is 30.2 Å². The molecule has 1 fully saturated rings. The highest BCUT2D eigenvalue weighted by Crippen LogP contribution is 2.23. The number of nitrogens with zero attached hydrogens (tertiary/aromatic N) is 3. The van der Waals surface area contributed by atoms with Gasteiger partial charge in [0.15, 0.2) is 6.61 Å². The second-order valence-electron chi connectivity index (χ2n) is 6.93. The van der Waals surface area contributed by atoms with Crippen LogP contribution in [-0.2, 0) is 19.1 Å². The molecular formula is C22H19N3O5. The van der Waals surface area contributed by atoms with Crippen LogP contribution < -0.4 is 4.90 Å². The van der Waals surface area contributed by atoms with Gasteiger partial charge >= 0.3 is 5.97 Å². The summed E-state index contributed by atoms with van der Waals surface area (Å²) in [5, 5.41) is 5.63. The summed E-state index contributed by atoms with van der Waals surface area (Å²) < 4.78 is 5.10. The molecule has 0 bridgehead atoms. The minimum Gasteiger partial charge on any atom is -0.452 e. The minimum atomic E-state index is -0.666. The van der Waals surface area contributed by atoms with Crippen molar-refractivity contribution in [1.82, 2.24) is 5.01 Å². The quantitative estimate of drug-likeness (QED) is 0.561. The summed E-state index contributed by atoms with van der Waals surface area (Å²) in [4.78, 5) is 49.2. The lowest BCUT2D eigenvalue weighted by Gasteiger charge is -2.14. The zero-order valence-corrected chi connectivity index (χ0v) is 16.1. The van der Waals surface area contributed by atoms with Crippen molar-refractivity contribution in [1.29, 1.82) is 0 Å². The third kappa shape index (κ3) is 3.98. The third-order valence-corrected chi connectivity index (χ3v) is 4.94. The van der Waals surface area contributed by atoms with Gasteiger partial charge in [-0.25, -0.2) is 9.80 Å². The largest absolute Gasteiger partial charge is 0.452 e. The van der Waals surface area contributed by atoms with Crippen LogP contribution in [0.2, 0.25) is 0 Å². The van der Waals surface area contributed by atoms with Crippen molar-refractivity contribution in [2.75, 3.05) is 18.1 Å². The van der Waals surface area contributed by atoms with E-state index in [1.807, 2.05) is 30.3 Å². The van der Waals surface area contributed by atoms with Gasteiger partial charge in [0.25, 0.3) is 5.91 Å². The van der Waals surface area contributed by atoms with Crippen LogP contribution in [0.5, 0.6) is 0 Å². The van der Waals surface area contributed by atoms with E-state index >= 15 is 0 Å². The Morgan fingerprint density at radius 1 is 0.900 bits per heavy atom. The van der Waals surface area contributed by atoms with E-state index in [0.29, 0.717) is 18.7 Å². The van der Waals surface area contributed by atoms with Crippen LogP contribution in [-0.4, -0.2) is 47.6 Å². The Labute approximate surface area is 172 Å². The van der Waals surface area contributed by atoms with Crippen LogP contribution in [0.25, 0.3) is 0 Å². The lowest BCUT2D eigenvalue weighted by Crippen LogP contribution is -2.29. The fourth-order valence-corrected chi connectivity index (χ4v) is 3.37. The number of carbonyl (C=O) groups excluding carboxylic acids is 4. The van der Waals surface area contributed by atoms with Gasteiger partial charge < -0.3 is 4.74 Å². The number of carbonyl (C=O) groups is 4. The number of esters is 1. The van der Waals surface area contributed by atoms with Crippen molar-refractivity contribution < 1.29 is 23.9 Å². The first-order valence-corrected chi connectivity index (χ1v) is 9.59. The maximum atomic E-state index is 12.3. The fourth-order valence-electron chi connectivity index (χ4n) is 3.37. The molecule has 0 aliphatic carbocycles. The van der Waals surface area contributed by atoms with Crippen molar-refractivity contribution in [3.63, 3.8) is 0 Å². The maximum Gasteiger partial charge on any atom is 0.338 e. The zero-order valence-electron chi connectivity index (χ0n) is 16.1. The van der Waals surface area contributed by atoms with Crippen molar-refractivity contribution in [3.8, 4) is 0 Å². The van der Waals surface area contributed by atoms with Crippen molar-refractivity contribution in [2.24, 2.45) is 5.10 Å². The molecule has 0 unspecified atom stereocenters. The molecule has 0 saturated carbocycles. The Balaban J connectivity index is 1.33. The molecule has 0 atom stereocenters. The van der Waals surface area contributed by atoms with E-state index in [1.165, 1.54) is 29.3 Å². The van der Waals surface area contributed by atoms with Gasteiger partial charge in [-0.2, -0.15) is 5.10 Å². The van der Waals surface area contributed by atoms with Crippen molar-refractivity contribution in [3.05, 3.63) is 65.7 Å². The van der Waals surface area contributed by atoms with Crippen molar-refractivity contribution >= 4 is 35.1 Å². The average Bonchev–Trinajstić information content (AvgIpc) is 3.39. The van der Waals surface area contributed by atoms with Crippen molar-refractivity contribution in [2.45, 2.75) is 19.3 Å². The predicted octanol–water partition coefficient (Wildman–Crippen LogP) is 2.13. The lowest BCUT2D eigenvalue weighted by molar-refractivity contribution is -0.134. The predicted molar refractivity (Wildman–Crippen MR) is 108 cm³/mol. The molecule has 2 aromatic carbocycles. The first kappa shape index (κ1) is 19.5. The van der Waals surface area contributed by atoms with Crippen LogP contribution in [0.3, 0.4) is 0 Å². The molecule has 2 aliphatic heterocycles. The molecular weight excluding hydrogens is 386 g/mol. The van der Waals surface area contributed by atoms with Crippen LogP contribution in [0.15, 0.2) is 59.7 Å². The smallest absolute Gasteiger partial charge is 0.338 e. The molecule has 4 rings (SSSR count). The second kappa shape index (κ2) is 8.28. The zero-order chi connectivity index (χ0) is 21.1. The van der Waals surface area contributed by atoms with Gasteiger partial charge in [0, 0.05) is 19.3 Å². The van der Waals surface area contributed by atoms with Gasteiger partial charge in [0.2, 0.25) is 11.8 Å². The summed E-state index contributed by atoms with van der Waals surface area (Å²) in [6, 6.07) is 15.5. The van der Waals surface area contributed by atoms with E-state index in [1.54, 1.807) is 0 Å². The first-order chi connectivity index (χ1) is 14.5. The number of hydrogen-bond acceptors (Lipinski definition) is 6. The highest BCUT2D eigenvalue weighted by atomic mass is 16.5. The molecule has 8 nitrogen and oxygen atoms in total. The molecule has 152 valence electrons. The molecule has 3 amide bonds. The second-order valence-corrected chi connectivity index (χ2v) is 6.93. The number of hydrogen-bond donors (Lipinski definition) is 0. The lowest BCUT2D eigenvalue weighted by atomic mass is 10.1. The van der Waals surface area contributed by atoms with Gasteiger partial charge in [-0.1, -0.05) is 30.3 Å². The van der Waals surface area contributed by atoms with E-state index in [0.717, 1.165) is 16.2 Å². The summed E-state index contributed by atoms with van der Waals surface area (Å²) in [6.45, 7) is 0.0163. The monoisotopic (exact) mass is 405 g/mol. The number of hydrazone groups is 1. The Kier molecular flexibility index (Phi) is 5.38. The van der Waals surface area contributed by atoms with Gasteiger partial charge in [0.05, 0.1) is 23.5 Å². The molecule has 0 N–H and O–H groups in total. The number of anilines is 1. The highest BCUT2D eigenvalue weighted by Gasteiger charge is 2.30. The topological polar surface area (TPSA) is 96.3 Å². The summed E-state index contributed by atoms with van der Waals surface area (Å²) in [5.74, 6) is -1.59. The van der Waals surface area contributed by atoms with E-state index in [4.69, 9.17) is 4.74 Å². The molecule has 2 aliphatic rings. The fraction of sp³-hybridized carbons (Fsp3) is 0.227. The van der Waals surface area contributed by atoms with E-state index in [2.05, 4.69) is 5.10 Å². The molecule has 8 heteroatoms. The summed E-state index contributed by atoms with van der Waals surface area (Å²) >= 11 is 0. The molecule has 30 heavy (non-hydrogen) atoms. The van der Waals surface area contributed by atoms with Gasteiger partial charge in [0.1, 0.15) is 0 Å². The summed E-state index contributed by atoms with van der Waals surface area (Å²) in [7, 11) is 0. The number of benzene rings is 2. The Bertz CT molecular complexity index is 1010. The standard InChI is InChI=1S/C22H19N3O5/c26-19-10-11-20(27)25(19)17-8-6-16(7-9-17)22(29)30-14-21(28)24-13-12-18(23-24)15-4-2-1-3-5-15/h1-9H,10-14H2. The van der Waals surface area contributed by atoms with Crippen LogP contribution in [0.4, 0.5) is 5.69 Å². The van der Waals surface area contributed by atoms with E-state index < -0.39 is 18.5 Å². The molecule has 0 spiro atoms. The summed E-state index contributed by atoms with van der Waals surface area (Å²) in [5.41, 5.74) is 2.41. The minimum absolute atomic E-state index is 0.190. The number of imide groups is 1. The van der Waals surface area contributed by atoms with Crippen LogP contribution in [0.1, 0.15) is 35.2 Å². The number of rotatable bonds is 5. The van der Waals surface area contributed by atoms with Gasteiger partial charge in [-0.15, -0.1) is 0 Å². The highest BCUT2D eigenvalue weighted by molar-refractivity contribution is 6.19. The molecule has 2 aromatic rings.